The second-order valence-corrected chi connectivity index (χ2v) is 9.32. The molecule has 4 rings (SSSR count). The molecular weight excluding hydrogens is 348 g/mol. The Kier molecular flexibility index (Phi) is 4.65. The summed E-state index contributed by atoms with van der Waals surface area (Å²) in [5.74, 6) is 0. The predicted molar refractivity (Wildman–Crippen MR) is 109 cm³/mol. The Morgan fingerprint density at radius 3 is 2.12 bits per heavy atom. The maximum Gasteiger partial charge on any atom is 0.0445 e. The average molecular weight is 367 g/mol. The maximum absolute atomic E-state index is 2.29. The molecule has 0 saturated carbocycles. The molecule has 120 valence electrons. The van der Waals surface area contributed by atoms with E-state index in [1.165, 1.54) is 35.5 Å². The van der Waals surface area contributed by atoms with Crippen LogP contribution in [0.3, 0.4) is 0 Å². The lowest BCUT2D eigenvalue weighted by Gasteiger charge is -1.99. The monoisotopic (exact) mass is 366 g/mol. The minimum atomic E-state index is 1.04. The maximum atomic E-state index is 2.29. The molecule has 0 aliphatic rings. The van der Waals surface area contributed by atoms with Crippen LogP contribution in [0.4, 0.5) is 0 Å². The predicted octanol–water partition coefficient (Wildman–Crippen LogP) is 7.03. The molecule has 0 fully saturated rings. The molecule has 0 aliphatic heterocycles. The summed E-state index contributed by atoms with van der Waals surface area (Å²) >= 11 is 5.68. The Morgan fingerprint density at radius 1 is 0.667 bits per heavy atom. The second-order valence-electron chi connectivity index (χ2n) is 5.95. The summed E-state index contributed by atoms with van der Waals surface area (Å²) in [6.07, 6.45) is 2.09. The molecule has 3 heterocycles. The summed E-state index contributed by atoms with van der Waals surface area (Å²) in [6.45, 7) is 2.14. The van der Waals surface area contributed by atoms with Gasteiger partial charge in [0.1, 0.15) is 0 Å². The van der Waals surface area contributed by atoms with Crippen molar-refractivity contribution in [1.82, 2.24) is 0 Å². The van der Waals surface area contributed by atoms with Crippen LogP contribution in [0.15, 0.2) is 66.0 Å². The first kappa shape index (κ1) is 15.8. The standard InChI is InChI=1S/C21H18S3/c1-15-4-6-16(7-5-15)13-17-8-9-18(23-17)14-19-10-11-21(24-19)20-3-2-12-22-20/h2-12H,13-14H2,1H3. The molecule has 0 N–H and O–H groups in total. The van der Waals surface area contributed by atoms with Crippen molar-refractivity contribution in [2.75, 3.05) is 0 Å². The van der Waals surface area contributed by atoms with Gasteiger partial charge in [0.15, 0.2) is 0 Å². The highest BCUT2D eigenvalue weighted by Gasteiger charge is 2.07. The van der Waals surface area contributed by atoms with E-state index in [1.807, 2.05) is 34.0 Å². The molecule has 4 aromatic rings. The molecule has 0 spiro atoms. The van der Waals surface area contributed by atoms with Crippen LogP contribution in [0.2, 0.25) is 0 Å². The lowest BCUT2D eigenvalue weighted by atomic mass is 10.1. The van der Waals surface area contributed by atoms with Crippen molar-refractivity contribution in [3.63, 3.8) is 0 Å². The van der Waals surface area contributed by atoms with Crippen molar-refractivity contribution in [3.05, 3.63) is 91.8 Å². The quantitative estimate of drug-likeness (QED) is 0.356. The molecule has 3 heteroatoms. The van der Waals surface area contributed by atoms with Crippen molar-refractivity contribution < 1.29 is 0 Å². The summed E-state index contributed by atoms with van der Waals surface area (Å²) in [4.78, 5) is 7.11. The van der Waals surface area contributed by atoms with E-state index < -0.39 is 0 Å². The van der Waals surface area contributed by atoms with Gasteiger partial charge < -0.3 is 0 Å². The van der Waals surface area contributed by atoms with Crippen LogP contribution < -0.4 is 0 Å². The van der Waals surface area contributed by atoms with Crippen LogP contribution >= 0.6 is 34.0 Å². The van der Waals surface area contributed by atoms with E-state index in [0.717, 1.165) is 12.8 Å². The largest absolute Gasteiger partial charge is 0.145 e. The van der Waals surface area contributed by atoms with E-state index in [2.05, 4.69) is 73.0 Å². The molecule has 0 amide bonds. The average Bonchev–Trinajstić information content (AvgIpc) is 3.32. The van der Waals surface area contributed by atoms with E-state index >= 15 is 0 Å². The molecule has 0 aliphatic carbocycles. The van der Waals surface area contributed by atoms with Crippen molar-refractivity contribution in [2.24, 2.45) is 0 Å². The van der Waals surface area contributed by atoms with Gasteiger partial charge >= 0.3 is 0 Å². The van der Waals surface area contributed by atoms with Gasteiger partial charge in [0.2, 0.25) is 0 Å². The zero-order valence-corrected chi connectivity index (χ0v) is 15.9. The number of thiophene rings is 3. The molecule has 0 unspecified atom stereocenters. The highest BCUT2D eigenvalue weighted by molar-refractivity contribution is 7.21. The Hall–Kier alpha value is -1.68. The number of aryl methyl sites for hydroxylation is 1. The van der Waals surface area contributed by atoms with Gasteiger partial charge in [-0.15, -0.1) is 34.0 Å². The first-order chi connectivity index (χ1) is 11.8. The highest BCUT2D eigenvalue weighted by atomic mass is 32.1. The van der Waals surface area contributed by atoms with E-state index in [-0.39, 0.29) is 0 Å². The minimum Gasteiger partial charge on any atom is -0.145 e. The van der Waals surface area contributed by atoms with Crippen LogP contribution in [0, 0.1) is 6.92 Å². The first-order valence-corrected chi connectivity index (χ1v) is 10.5. The van der Waals surface area contributed by atoms with Crippen LogP contribution in [-0.4, -0.2) is 0 Å². The first-order valence-electron chi connectivity index (χ1n) is 8.02. The van der Waals surface area contributed by atoms with E-state index in [0.29, 0.717) is 0 Å². The molecule has 0 radical (unpaired) electrons. The van der Waals surface area contributed by atoms with Gasteiger partial charge in [0.05, 0.1) is 0 Å². The number of benzene rings is 1. The van der Waals surface area contributed by atoms with Crippen molar-refractivity contribution in [1.29, 1.82) is 0 Å². The van der Waals surface area contributed by atoms with E-state index in [9.17, 15) is 0 Å². The Morgan fingerprint density at radius 2 is 1.38 bits per heavy atom. The SMILES string of the molecule is Cc1ccc(Cc2ccc(Cc3ccc(-c4cccs4)s3)s2)cc1. The third-order valence-electron chi connectivity index (χ3n) is 3.99. The minimum absolute atomic E-state index is 1.04. The molecule has 3 aromatic heterocycles. The van der Waals surface area contributed by atoms with Crippen LogP contribution in [0.1, 0.15) is 25.8 Å². The van der Waals surface area contributed by atoms with Gasteiger partial charge in [-0.25, -0.2) is 0 Å². The summed E-state index contributed by atoms with van der Waals surface area (Å²) < 4.78 is 0. The van der Waals surface area contributed by atoms with E-state index in [4.69, 9.17) is 0 Å². The fourth-order valence-electron chi connectivity index (χ4n) is 2.72. The van der Waals surface area contributed by atoms with Gasteiger partial charge in [-0.3, -0.25) is 0 Å². The van der Waals surface area contributed by atoms with Crippen molar-refractivity contribution >= 4 is 34.0 Å². The molecule has 0 nitrogen and oxygen atoms in total. The van der Waals surface area contributed by atoms with E-state index in [1.54, 1.807) is 0 Å². The van der Waals surface area contributed by atoms with Gasteiger partial charge in [0.25, 0.3) is 0 Å². The highest BCUT2D eigenvalue weighted by Crippen LogP contribution is 2.33. The van der Waals surface area contributed by atoms with Gasteiger partial charge in [-0.05, 0) is 48.2 Å². The molecule has 24 heavy (non-hydrogen) atoms. The Balaban J connectivity index is 1.44. The molecular formula is C21H18S3. The summed E-state index contributed by atoms with van der Waals surface area (Å²) in [7, 11) is 0. The third kappa shape index (κ3) is 3.69. The zero-order chi connectivity index (χ0) is 16.4. The Bertz CT molecular complexity index is 908. The van der Waals surface area contributed by atoms with Gasteiger partial charge in [0, 0.05) is 37.2 Å². The van der Waals surface area contributed by atoms with Crippen molar-refractivity contribution in [2.45, 2.75) is 19.8 Å². The number of hydrogen-bond acceptors (Lipinski definition) is 3. The van der Waals surface area contributed by atoms with Gasteiger partial charge in [-0.1, -0.05) is 35.9 Å². The molecule has 0 atom stereocenters. The smallest absolute Gasteiger partial charge is 0.0445 e. The zero-order valence-electron chi connectivity index (χ0n) is 13.5. The fraction of sp³-hybridized carbons (Fsp3) is 0.143. The van der Waals surface area contributed by atoms with Crippen molar-refractivity contribution in [3.8, 4) is 9.75 Å². The molecule has 0 bridgehead atoms. The topological polar surface area (TPSA) is 0 Å². The second kappa shape index (κ2) is 7.06. The molecule has 1 aromatic carbocycles. The normalized spacial score (nSPS) is 11.0. The Labute approximate surface area is 155 Å². The number of hydrogen-bond donors (Lipinski definition) is 0. The third-order valence-corrected chi connectivity index (χ3v) is 7.23. The van der Waals surface area contributed by atoms with Gasteiger partial charge in [-0.2, -0.15) is 0 Å². The van der Waals surface area contributed by atoms with Crippen LogP contribution in [0.25, 0.3) is 9.75 Å². The summed E-state index contributed by atoms with van der Waals surface area (Å²) in [6, 6.07) is 22.3. The lowest BCUT2D eigenvalue weighted by Crippen LogP contribution is -1.84. The number of rotatable bonds is 5. The van der Waals surface area contributed by atoms with Crippen LogP contribution in [0.5, 0.6) is 0 Å². The lowest BCUT2D eigenvalue weighted by molar-refractivity contribution is 1.23. The summed E-state index contributed by atoms with van der Waals surface area (Å²) in [5, 5.41) is 2.14. The molecule has 0 saturated heterocycles. The van der Waals surface area contributed by atoms with Crippen LogP contribution in [-0.2, 0) is 12.8 Å². The fourth-order valence-corrected chi connectivity index (χ4v) is 5.75. The summed E-state index contributed by atoms with van der Waals surface area (Å²) in [5.41, 5.74) is 2.72.